The van der Waals surface area contributed by atoms with Gasteiger partial charge >= 0.3 is 5.97 Å². The van der Waals surface area contributed by atoms with E-state index in [1.807, 2.05) is 25.1 Å². The van der Waals surface area contributed by atoms with E-state index in [0.29, 0.717) is 0 Å². The van der Waals surface area contributed by atoms with E-state index in [2.05, 4.69) is 38.1 Å². The fraction of sp³-hybridized carbons (Fsp3) is 0.273. The molecule has 0 aliphatic heterocycles. The number of hydrogen-bond donors (Lipinski definition) is 0. The number of nitrogens with zero attached hydrogens (tertiary/aromatic N) is 1. The van der Waals surface area contributed by atoms with Crippen LogP contribution in [0.15, 0.2) is 46.9 Å². The molecule has 2 rings (SSSR count). The third-order valence-corrected chi connectivity index (χ3v) is 5.34. The lowest BCUT2D eigenvalue weighted by Crippen LogP contribution is -2.06. The van der Waals surface area contributed by atoms with Crippen molar-refractivity contribution >= 4 is 23.8 Å². The smallest absolute Gasteiger partial charge is 0.348 e. The number of esters is 1. The van der Waals surface area contributed by atoms with Crippen LogP contribution in [0.4, 0.5) is 0 Å². The first-order valence-corrected chi connectivity index (χ1v) is 9.52. The summed E-state index contributed by atoms with van der Waals surface area (Å²) in [5.74, 6) is 0.254. The summed E-state index contributed by atoms with van der Waals surface area (Å²) in [4.78, 5) is 13.1. The van der Waals surface area contributed by atoms with Crippen molar-refractivity contribution in [1.29, 1.82) is 5.26 Å². The van der Waals surface area contributed by atoms with E-state index in [1.165, 1.54) is 21.6 Å². The van der Waals surface area contributed by atoms with E-state index >= 15 is 0 Å². The third-order valence-electron chi connectivity index (χ3n) is 4.12. The van der Waals surface area contributed by atoms with E-state index in [-0.39, 0.29) is 12.2 Å². The Balaban J connectivity index is 2.30. The summed E-state index contributed by atoms with van der Waals surface area (Å²) in [7, 11) is 0. The first kappa shape index (κ1) is 19.8. The van der Waals surface area contributed by atoms with Gasteiger partial charge in [-0.25, -0.2) is 4.79 Å². The van der Waals surface area contributed by atoms with Gasteiger partial charge in [0.15, 0.2) is 0 Å². The molecule has 0 amide bonds. The maximum atomic E-state index is 11.9. The monoisotopic (exact) mass is 365 g/mol. The lowest BCUT2D eigenvalue weighted by atomic mass is 9.99. The van der Waals surface area contributed by atoms with Crippen LogP contribution in [0.2, 0.25) is 0 Å². The molecule has 0 radical (unpaired) electrons. The van der Waals surface area contributed by atoms with Crippen LogP contribution in [0.1, 0.15) is 34.7 Å². The fourth-order valence-corrected chi connectivity index (χ4v) is 3.69. The lowest BCUT2D eigenvalue weighted by molar-refractivity contribution is -0.137. The van der Waals surface area contributed by atoms with Gasteiger partial charge in [0.05, 0.1) is 6.61 Å². The van der Waals surface area contributed by atoms with Gasteiger partial charge in [-0.05, 0) is 67.7 Å². The first-order valence-electron chi connectivity index (χ1n) is 8.53. The average Bonchev–Trinajstić information content (AvgIpc) is 2.61. The molecule has 0 bridgehead atoms. The van der Waals surface area contributed by atoms with Gasteiger partial charge in [-0.15, -0.1) is 11.8 Å². The van der Waals surface area contributed by atoms with Gasteiger partial charge in [0.1, 0.15) is 11.6 Å². The van der Waals surface area contributed by atoms with E-state index in [0.717, 1.165) is 16.9 Å². The molecule has 0 unspecified atom stereocenters. The van der Waals surface area contributed by atoms with E-state index in [4.69, 9.17) is 4.74 Å². The largest absolute Gasteiger partial charge is 0.462 e. The molecule has 0 heterocycles. The molecule has 2 aromatic carbocycles. The molecule has 134 valence electrons. The highest BCUT2D eigenvalue weighted by Crippen LogP contribution is 2.29. The molecule has 0 aliphatic carbocycles. The highest BCUT2D eigenvalue weighted by molar-refractivity contribution is 7.98. The highest BCUT2D eigenvalue weighted by atomic mass is 32.2. The number of nitriles is 1. The zero-order chi connectivity index (χ0) is 19.1. The van der Waals surface area contributed by atoms with E-state index in [1.54, 1.807) is 24.8 Å². The zero-order valence-electron chi connectivity index (χ0n) is 15.6. The summed E-state index contributed by atoms with van der Waals surface area (Å²) < 4.78 is 4.95. The standard InChI is InChI=1S/C22H23NO2S/c1-5-25-22(24)19(13-23)11-18-12-20(17(4)10-16(18)3)14-26-21-9-7-6-8-15(21)2/h6-12H,5,14H2,1-4H3/b19-11+. The number of ether oxygens (including phenoxy) is 1. The summed E-state index contributed by atoms with van der Waals surface area (Å²) in [5.41, 5.74) is 5.59. The predicted octanol–water partition coefficient (Wildman–Crippen LogP) is 5.37. The topological polar surface area (TPSA) is 50.1 Å². The van der Waals surface area contributed by atoms with Crippen molar-refractivity contribution in [2.75, 3.05) is 6.61 Å². The van der Waals surface area contributed by atoms with Crippen LogP contribution >= 0.6 is 11.8 Å². The fourth-order valence-electron chi connectivity index (χ4n) is 2.60. The lowest BCUT2D eigenvalue weighted by Gasteiger charge is -2.11. The summed E-state index contributed by atoms with van der Waals surface area (Å²) in [6.45, 7) is 8.16. The highest BCUT2D eigenvalue weighted by Gasteiger charge is 2.12. The summed E-state index contributed by atoms with van der Waals surface area (Å²) in [6.07, 6.45) is 1.62. The van der Waals surface area contributed by atoms with Crippen molar-refractivity contribution in [2.45, 2.75) is 38.3 Å². The number of benzene rings is 2. The van der Waals surface area contributed by atoms with Crippen molar-refractivity contribution in [3.05, 3.63) is 69.8 Å². The van der Waals surface area contributed by atoms with Crippen LogP contribution in [0.25, 0.3) is 6.08 Å². The average molecular weight is 365 g/mol. The summed E-state index contributed by atoms with van der Waals surface area (Å²) in [6, 6.07) is 14.4. The van der Waals surface area contributed by atoms with Crippen LogP contribution < -0.4 is 0 Å². The van der Waals surface area contributed by atoms with Gasteiger partial charge in [0.25, 0.3) is 0 Å². The van der Waals surface area contributed by atoms with Gasteiger partial charge in [0.2, 0.25) is 0 Å². The number of thioether (sulfide) groups is 1. The van der Waals surface area contributed by atoms with Crippen molar-refractivity contribution in [3.63, 3.8) is 0 Å². The minimum atomic E-state index is -0.578. The maximum absolute atomic E-state index is 11.9. The van der Waals surface area contributed by atoms with Crippen LogP contribution in [0, 0.1) is 32.1 Å². The number of aryl methyl sites for hydroxylation is 3. The Labute approximate surface area is 159 Å². The molecular formula is C22H23NO2S. The Morgan fingerprint density at radius 3 is 2.54 bits per heavy atom. The predicted molar refractivity (Wildman–Crippen MR) is 107 cm³/mol. The van der Waals surface area contributed by atoms with Gasteiger partial charge in [-0.3, -0.25) is 0 Å². The van der Waals surface area contributed by atoms with Crippen LogP contribution in [0.5, 0.6) is 0 Å². The van der Waals surface area contributed by atoms with Gasteiger partial charge in [-0.2, -0.15) is 5.26 Å². The zero-order valence-corrected chi connectivity index (χ0v) is 16.4. The van der Waals surface area contributed by atoms with E-state index < -0.39 is 5.97 Å². The van der Waals surface area contributed by atoms with Crippen LogP contribution in [-0.2, 0) is 15.3 Å². The summed E-state index contributed by atoms with van der Waals surface area (Å²) >= 11 is 1.79. The second kappa shape index (κ2) is 9.26. The SMILES string of the molecule is CCOC(=O)/C(C#N)=C/c1cc(CSc2ccccc2C)c(C)cc1C. The normalized spacial score (nSPS) is 11.1. The molecule has 2 aromatic rings. The maximum Gasteiger partial charge on any atom is 0.348 e. The Kier molecular flexibility index (Phi) is 7.06. The van der Waals surface area contributed by atoms with Crippen molar-refractivity contribution in [3.8, 4) is 6.07 Å². The van der Waals surface area contributed by atoms with Gasteiger partial charge < -0.3 is 4.74 Å². The first-order chi connectivity index (χ1) is 12.5. The van der Waals surface area contributed by atoms with Crippen molar-refractivity contribution in [1.82, 2.24) is 0 Å². The van der Waals surface area contributed by atoms with E-state index in [9.17, 15) is 10.1 Å². The van der Waals surface area contributed by atoms with Crippen molar-refractivity contribution in [2.24, 2.45) is 0 Å². The molecular weight excluding hydrogens is 342 g/mol. The number of rotatable bonds is 6. The Hall–Kier alpha value is -2.51. The molecule has 0 saturated carbocycles. The number of carbonyl (C=O) groups is 1. The van der Waals surface area contributed by atoms with Gasteiger partial charge in [0, 0.05) is 10.6 Å². The minimum absolute atomic E-state index is 0.0244. The Morgan fingerprint density at radius 1 is 1.15 bits per heavy atom. The third kappa shape index (κ3) is 5.00. The summed E-state index contributed by atoms with van der Waals surface area (Å²) in [5, 5.41) is 9.26. The molecule has 26 heavy (non-hydrogen) atoms. The second-order valence-electron chi connectivity index (χ2n) is 6.08. The number of carbonyl (C=O) groups excluding carboxylic acids is 1. The molecule has 0 fully saturated rings. The molecule has 0 aliphatic rings. The molecule has 3 nitrogen and oxygen atoms in total. The Bertz CT molecular complexity index is 878. The van der Waals surface area contributed by atoms with Crippen LogP contribution in [-0.4, -0.2) is 12.6 Å². The number of hydrogen-bond acceptors (Lipinski definition) is 4. The molecule has 4 heteroatoms. The molecule has 0 spiro atoms. The molecule has 0 atom stereocenters. The quantitative estimate of drug-likeness (QED) is 0.299. The molecule has 0 aromatic heterocycles. The molecule has 0 N–H and O–H groups in total. The Morgan fingerprint density at radius 2 is 1.88 bits per heavy atom. The van der Waals surface area contributed by atoms with Gasteiger partial charge in [-0.1, -0.05) is 30.3 Å². The van der Waals surface area contributed by atoms with Crippen LogP contribution in [0.3, 0.4) is 0 Å². The molecule has 0 saturated heterocycles. The minimum Gasteiger partial charge on any atom is -0.462 e. The van der Waals surface area contributed by atoms with Crippen molar-refractivity contribution < 1.29 is 9.53 Å². The second-order valence-corrected chi connectivity index (χ2v) is 7.10.